The molecule has 0 aliphatic rings. The summed E-state index contributed by atoms with van der Waals surface area (Å²) in [7, 11) is 1.60. The maximum absolute atomic E-state index is 13.1. The van der Waals surface area contributed by atoms with Crippen LogP contribution < -0.4 is 10.6 Å². The number of halogens is 2. The van der Waals surface area contributed by atoms with Gasteiger partial charge in [-0.2, -0.15) is 0 Å². The third-order valence-electron chi connectivity index (χ3n) is 2.81. The van der Waals surface area contributed by atoms with Crippen molar-refractivity contribution in [1.82, 2.24) is 4.98 Å². The largest absolute Gasteiger partial charge is 0.383 e. The molecule has 0 aliphatic heterocycles. The third-order valence-corrected chi connectivity index (χ3v) is 2.81. The molecule has 2 rings (SSSR count). The molecule has 116 valence electrons. The Morgan fingerprint density at radius 2 is 1.95 bits per heavy atom. The molecule has 1 heterocycles. The van der Waals surface area contributed by atoms with Crippen LogP contribution in [0.2, 0.25) is 0 Å². The minimum Gasteiger partial charge on any atom is -0.383 e. The van der Waals surface area contributed by atoms with Crippen molar-refractivity contribution in [3.63, 3.8) is 0 Å². The first-order valence-corrected chi connectivity index (χ1v) is 6.55. The van der Waals surface area contributed by atoms with Crippen LogP contribution in [0.3, 0.4) is 0 Å². The summed E-state index contributed by atoms with van der Waals surface area (Å²) < 4.78 is 30.8. The predicted molar refractivity (Wildman–Crippen MR) is 78.9 cm³/mol. The molecule has 0 aliphatic carbocycles. The van der Waals surface area contributed by atoms with Gasteiger partial charge in [-0.3, -0.25) is 4.79 Å². The number of methoxy groups -OCH3 is 1. The van der Waals surface area contributed by atoms with E-state index in [2.05, 4.69) is 15.6 Å². The molecule has 1 aromatic carbocycles. The van der Waals surface area contributed by atoms with Crippen LogP contribution in [0.1, 0.15) is 10.5 Å². The number of carbonyl (C=O) groups is 1. The number of rotatable bonds is 6. The van der Waals surface area contributed by atoms with E-state index in [1.165, 1.54) is 18.3 Å². The van der Waals surface area contributed by atoms with E-state index in [4.69, 9.17) is 4.74 Å². The third kappa shape index (κ3) is 4.23. The van der Waals surface area contributed by atoms with E-state index in [0.717, 1.165) is 17.8 Å². The molecule has 0 atom stereocenters. The number of carbonyl (C=O) groups excluding carboxylic acids is 1. The van der Waals surface area contributed by atoms with E-state index in [1.807, 2.05) is 0 Å². The van der Waals surface area contributed by atoms with Crippen LogP contribution in [-0.2, 0) is 4.74 Å². The van der Waals surface area contributed by atoms with E-state index < -0.39 is 17.5 Å². The summed E-state index contributed by atoms with van der Waals surface area (Å²) >= 11 is 0. The van der Waals surface area contributed by atoms with Gasteiger partial charge in [-0.15, -0.1) is 0 Å². The van der Waals surface area contributed by atoms with Crippen molar-refractivity contribution < 1.29 is 18.3 Å². The smallest absolute Gasteiger partial charge is 0.274 e. The van der Waals surface area contributed by atoms with Gasteiger partial charge in [-0.25, -0.2) is 13.8 Å². The lowest BCUT2D eigenvalue weighted by Gasteiger charge is -2.07. The molecule has 2 N–H and O–H groups in total. The number of anilines is 2. The van der Waals surface area contributed by atoms with Gasteiger partial charge in [0, 0.05) is 25.4 Å². The minimum atomic E-state index is -1.02. The molecule has 0 radical (unpaired) electrons. The van der Waals surface area contributed by atoms with Crippen LogP contribution in [0, 0.1) is 11.6 Å². The first-order valence-electron chi connectivity index (χ1n) is 6.55. The zero-order valence-corrected chi connectivity index (χ0v) is 11.9. The number of amides is 1. The fourth-order valence-corrected chi connectivity index (χ4v) is 1.70. The van der Waals surface area contributed by atoms with Gasteiger partial charge in [-0.05, 0) is 24.3 Å². The van der Waals surface area contributed by atoms with Crippen LogP contribution in [-0.4, -0.2) is 31.2 Å². The van der Waals surface area contributed by atoms with Crippen molar-refractivity contribution in [3.8, 4) is 0 Å². The Balaban J connectivity index is 1.98. The summed E-state index contributed by atoms with van der Waals surface area (Å²) in [5.74, 6) is -2.50. The van der Waals surface area contributed by atoms with Crippen molar-refractivity contribution in [3.05, 3.63) is 53.9 Å². The molecule has 0 bridgehead atoms. The van der Waals surface area contributed by atoms with Crippen LogP contribution in [0.25, 0.3) is 0 Å². The average Bonchev–Trinajstić information content (AvgIpc) is 2.52. The first-order chi connectivity index (χ1) is 10.6. The van der Waals surface area contributed by atoms with Gasteiger partial charge < -0.3 is 15.4 Å². The van der Waals surface area contributed by atoms with Crippen molar-refractivity contribution in [2.75, 3.05) is 30.9 Å². The second-order valence-corrected chi connectivity index (χ2v) is 4.43. The number of hydrogen-bond donors (Lipinski definition) is 2. The van der Waals surface area contributed by atoms with Gasteiger partial charge in [0.2, 0.25) is 0 Å². The number of nitrogens with one attached hydrogen (secondary N) is 2. The highest BCUT2D eigenvalue weighted by atomic mass is 19.2. The molecule has 2 aromatic rings. The van der Waals surface area contributed by atoms with Crippen LogP contribution in [0.15, 0.2) is 36.5 Å². The normalized spacial score (nSPS) is 10.3. The maximum atomic E-state index is 13.1. The zero-order chi connectivity index (χ0) is 15.9. The fourth-order valence-electron chi connectivity index (χ4n) is 1.70. The monoisotopic (exact) mass is 307 g/mol. The van der Waals surface area contributed by atoms with Crippen LogP contribution in [0.4, 0.5) is 20.2 Å². The lowest BCUT2D eigenvalue weighted by atomic mass is 10.2. The standard InChI is InChI=1S/C15H15F2N3O2/c1-22-7-6-18-11-3-5-14(19-9-11)15(21)20-10-2-4-12(16)13(17)8-10/h2-5,8-9,18H,6-7H2,1H3,(H,20,21). The molecule has 22 heavy (non-hydrogen) atoms. The summed E-state index contributed by atoms with van der Waals surface area (Å²) in [6.07, 6.45) is 1.51. The number of benzene rings is 1. The Labute approximate surface area is 126 Å². The molecular formula is C15H15F2N3O2. The molecule has 7 heteroatoms. The van der Waals surface area contributed by atoms with Gasteiger partial charge in [0.1, 0.15) is 5.69 Å². The second-order valence-electron chi connectivity index (χ2n) is 4.43. The summed E-state index contributed by atoms with van der Waals surface area (Å²) in [6.45, 7) is 1.18. The first kappa shape index (κ1) is 15.8. The molecular weight excluding hydrogens is 292 g/mol. The Bertz CT molecular complexity index is 648. The molecule has 5 nitrogen and oxygen atoms in total. The highest BCUT2D eigenvalue weighted by molar-refractivity contribution is 6.02. The quantitative estimate of drug-likeness (QED) is 0.805. The van der Waals surface area contributed by atoms with E-state index in [0.29, 0.717) is 13.2 Å². The fraction of sp³-hybridized carbons (Fsp3) is 0.200. The highest BCUT2D eigenvalue weighted by Crippen LogP contribution is 2.14. The molecule has 0 unspecified atom stereocenters. The Morgan fingerprint density at radius 3 is 2.59 bits per heavy atom. The number of nitrogens with zero attached hydrogens (tertiary/aromatic N) is 1. The molecule has 1 aromatic heterocycles. The number of ether oxygens (including phenoxy) is 1. The van der Waals surface area contributed by atoms with Crippen LogP contribution in [0.5, 0.6) is 0 Å². The molecule has 0 spiro atoms. The SMILES string of the molecule is COCCNc1ccc(C(=O)Nc2ccc(F)c(F)c2)nc1. The Kier molecular flexibility index (Phi) is 5.37. The van der Waals surface area contributed by atoms with E-state index in [-0.39, 0.29) is 11.4 Å². The van der Waals surface area contributed by atoms with Gasteiger partial charge in [0.25, 0.3) is 5.91 Å². The molecule has 1 amide bonds. The number of aromatic nitrogens is 1. The zero-order valence-electron chi connectivity index (χ0n) is 11.9. The highest BCUT2D eigenvalue weighted by Gasteiger charge is 2.09. The molecule has 0 fully saturated rings. The van der Waals surface area contributed by atoms with Gasteiger partial charge in [0.05, 0.1) is 18.5 Å². The number of pyridine rings is 1. The van der Waals surface area contributed by atoms with Crippen molar-refractivity contribution in [2.45, 2.75) is 0 Å². The lowest BCUT2D eigenvalue weighted by molar-refractivity contribution is 0.102. The Morgan fingerprint density at radius 1 is 1.18 bits per heavy atom. The molecule has 0 saturated heterocycles. The number of hydrogen-bond acceptors (Lipinski definition) is 4. The summed E-state index contributed by atoms with van der Waals surface area (Å²) in [4.78, 5) is 16.0. The summed E-state index contributed by atoms with van der Waals surface area (Å²) in [5, 5.41) is 5.51. The van der Waals surface area contributed by atoms with E-state index in [9.17, 15) is 13.6 Å². The Hall–Kier alpha value is -2.54. The van der Waals surface area contributed by atoms with E-state index in [1.54, 1.807) is 13.2 Å². The lowest BCUT2D eigenvalue weighted by Crippen LogP contribution is -2.14. The van der Waals surface area contributed by atoms with Gasteiger partial charge in [-0.1, -0.05) is 0 Å². The average molecular weight is 307 g/mol. The molecule has 0 saturated carbocycles. The minimum absolute atomic E-state index is 0.160. The second kappa shape index (κ2) is 7.46. The maximum Gasteiger partial charge on any atom is 0.274 e. The van der Waals surface area contributed by atoms with Crippen LogP contribution >= 0.6 is 0 Å². The van der Waals surface area contributed by atoms with E-state index >= 15 is 0 Å². The predicted octanol–water partition coefficient (Wildman–Crippen LogP) is 2.67. The van der Waals surface area contributed by atoms with Gasteiger partial charge in [0.15, 0.2) is 11.6 Å². The summed E-state index contributed by atoms with van der Waals surface area (Å²) in [5.41, 5.74) is 1.08. The van der Waals surface area contributed by atoms with Crippen molar-refractivity contribution >= 4 is 17.3 Å². The van der Waals surface area contributed by atoms with Crippen molar-refractivity contribution in [1.29, 1.82) is 0 Å². The topological polar surface area (TPSA) is 63.2 Å². The summed E-state index contributed by atoms with van der Waals surface area (Å²) in [6, 6.07) is 6.36. The van der Waals surface area contributed by atoms with Gasteiger partial charge >= 0.3 is 0 Å². The van der Waals surface area contributed by atoms with Crippen molar-refractivity contribution in [2.24, 2.45) is 0 Å².